The third-order valence-electron chi connectivity index (χ3n) is 5.04. The fraction of sp³-hybridized carbons (Fsp3) is 0.588. The van der Waals surface area contributed by atoms with Crippen molar-refractivity contribution in [1.29, 1.82) is 0 Å². The molecule has 2 aliphatic heterocycles. The van der Waals surface area contributed by atoms with Crippen LogP contribution in [0.4, 0.5) is 0 Å². The van der Waals surface area contributed by atoms with Crippen LogP contribution in [0, 0.1) is 5.92 Å². The van der Waals surface area contributed by atoms with E-state index >= 15 is 0 Å². The van der Waals surface area contributed by atoms with E-state index in [1.54, 1.807) is 0 Å². The third kappa shape index (κ3) is 2.64. The number of fused-ring (bicyclic) bond motifs is 1. The van der Waals surface area contributed by atoms with Gasteiger partial charge in [-0.05, 0) is 43.7 Å². The second-order valence-corrected chi connectivity index (χ2v) is 6.76. The van der Waals surface area contributed by atoms with Gasteiger partial charge in [0.05, 0.1) is 11.1 Å². The first kappa shape index (κ1) is 13.1. The van der Waals surface area contributed by atoms with E-state index in [0.29, 0.717) is 17.9 Å². The molecule has 1 N–H and O–H groups in total. The van der Waals surface area contributed by atoms with E-state index in [1.807, 2.05) is 24.3 Å². The number of hydrogen-bond donors (Lipinski definition) is 1. The molecule has 1 spiro atoms. The average molecular weight is 286 g/mol. The summed E-state index contributed by atoms with van der Waals surface area (Å²) in [6.07, 6.45) is 4.77. The molecule has 4 heteroatoms. The number of ether oxygens (including phenoxy) is 1. The molecule has 1 aliphatic carbocycles. The standard InChI is InChI=1S/C17H22N2O2/c20-16-14-3-1-2-4-15(14)21-12-17(18-16)7-9-19(10-8-17)11-13-5-6-13/h1-4,13H,5-12H2,(H,18,20). The lowest BCUT2D eigenvalue weighted by atomic mass is 9.88. The van der Waals surface area contributed by atoms with Crippen molar-refractivity contribution in [2.24, 2.45) is 5.92 Å². The molecule has 1 aromatic carbocycles. The number of carbonyl (C=O) groups excluding carboxylic acids is 1. The first-order chi connectivity index (χ1) is 10.2. The summed E-state index contributed by atoms with van der Waals surface area (Å²) < 4.78 is 5.94. The monoisotopic (exact) mass is 286 g/mol. The van der Waals surface area contributed by atoms with Crippen molar-refractivity contribution in [3.63, 3.8) is 0 Å². The molecular formula is C17H22N2O2. The van der Waals surface area contributed by atoms with Gasteiger partial charge in [-0.1, -0.05) is 12.1 Å². The van der Waals surface area contributed by atoms with Crippen LogP contribution in [-0.4, -0.2) is 42.6 Å². The average Bonchev–Trinajstić information content (AvgIpc) is 3.32. The molecule has 1 saturated carbocycles. The topological polar surface area (TPSA) is 41.6 Å². The van der Waals surface area contributed by atoms with E-state index in [2.05, 4.69) is 10.2 Å². The van der Waals surface area contributed by atoms with Crippen molar-refractivity contribution in [3.05, 3.63) is 29.8 Å². The Bertz CT molecular complexity index is 545. The van der Waals surface area contributed by atoms with Crippen molar-refractivity contribution >= 4 is 5.91 Å². The molecule has 1 saturated heterocycles. The van der Waals surface area contributed by atoms with Crippen LogP contribution in [0.5, 0.6) is 5.75 Å². The number of likely N-dealkylation sites (tertiary alicyclic amines) is 1. The zero-order valence-electron chi connectivity index (χ0n) is 12.3. The summed E-state index contributed by atoms with van der Waals surface area (Å²) in [7, 11) is 0. The molecule has 3 aliphatic rings. The second kappa shape index (κ2) is 5.02. The van der Waals surface area contributed by atoms with Crippen molar-refractivity contribution in [3.8, 4) is 5.75 Å². The summed E-state index contributed by atoms with van der Waals surface area (Å²) in [6, 6.07) is 7.53. The predicted octanol–water partition coefficient (Wildman–Crippen LogP) is 2.05. The number of nitrogens with zero attached hydrogens (tertiary/aromatic N) is 1. The van der Waals surface area contributed by atoms with Crippen LogP contribution >= 0.6 is 0 Å². The maximum atomic E-state index is 12.4. The molecule has 0 aromatic heterocycles. The van der Waals surface area contributed by atoms with E-state index in [0.717, 1.165) is 31.8 Å². The summed E-state index contributed by atoms with van der Waals surface area (Å²) in [5.74, 6) is 1.66. The van der Waals surface area contributed by atoms with Crippen molar-refractivity contribution < 1.29 is 9.53 Å². The van der Waals surface area contributed by atoms with Crippen LogP contribution in [-0.2, 0) is 0 Å². The summed E-state index contributed by atoms with van der Waals surface area (Å²) >= 11 is 0. The molecule has 0 unspecified atom stereocenters. The van der Waals surface area contributed by atoms with Gasteiger partial charge < -0.3 is 15.0 Å². The number of para-hydroxylation sites is 1. The van der Waals surface area contributed by atoms with Crippen molar-refractivity contribution in [2.75, 3.05) is 26.2 Å². The predicted molar refractivity (Wildman–Crippen MR) is 80.5 cm³/mol. The molecule has 0 atom stereocenters. The highest BCUT2D eigenvalue weighted by atomic mass is 16.5. The Balaban J connectivity index is 1.46. The highest BCUT2D eigenvalue weighted by Crippen LogP contribution is 2.33. The van der Waals surface area contributed by atoms with Crippen LogP contribution in [0.15, 0.2) is 24.3 Å². The Kier molecular flexibility index (Phi) is 3.14. The number of hydrogen-bond acceptors (Lipinski definition) is 3. The number of benzene rings is 1. The molecule has 4 rings (SSSR count). The minimum Gasteiger partial charge on any atom is -0.490 e. The highest BCUT2D eigenvalue weighted by molar-refractivity contribution is 5.97. The highest BCUT2D eigenvalue weighted by Gasteiger charge is 2.40. The van der Waals surface area contributed by atoms with Gasteiger partial charge in [0.25, 0.3) is 5.91 Å². The van der Waals surface area contributed by atoms with Gasteiger partial charge in [0.15, 0.2) is 0 Å². The van der Waals surface area contributed by atoms with Gasteiger partial charge in [-0.25, -0.2) is 0 Å². The lowest BCUT2D eigenvalue weighted by Gasteiger charge is -2.41. The Morgan fingerprint density at radius 1 is 1.24 bits per heavy atom. The number of rotatable bonds is 2. The fourth-order valence-electron chi connectivity index (χ4n) is 3.44. The molecule has 2 fully saturated rings. The van der Waals surface area contributed by atoms with Gasteiger partial charge in [0.2, 0.25) is 0 Å². The first-order valence-corrected chi connectivity index (χ1v) is 8.01. The van der Waals surface area contributed by atoms with Gasteiger partial charge in [0.1, 0.15) is 12.4 Å². The quantitative estimate of drug-likeness (QED) is 0.905. The first-order valence-electron chi connectivity index (χ1n) is 8.01. The zero-order valence-corrected chi connectivity index (χ0v) is 12.3. The van der Waals surface area contributed by atoms with E-state index in [9.17, 15) is 4.79 Å². The van der Waals surface area contributed by atoms with Crippen LogP contribution in [0.3, 0.4) is 0 Å². The Morgan fingerprint density at radius 3 is 2.76 bits per heavy atom. The summed E-state index contributed by atoms with van der Waals surface area (Å²) in [6.45, 7) is 3.96. The summed E-state index contributed by atoms with van der Waals surface area (Å²) in [4.78, 5) is 15.0. The largest absolute Gasteiger partial charge is 0.490 e. The van der Waals surface area contributed by atoms with E-state index in [1.165, 1.54) is 19.4 Å². The molecule has 0 bridgehead atoms. The molecule has 21 heavy (non-hydrogen) atoms. The van der Waals surface area contributed by atoms with Crippen LogP contribution in [0.2, 0.25) is 0 Å². The van der Waals surface area contributed by atoms with Crippen LogP contribution < -0.4 is 10.1 Å². The zero-order chi connectivity index (χ0) is 14.3. The summed E-state index contributed by atoms with van der Waals surface area (Å²) in [5, 5.41) is 3.25. The molecule has 1 amide bonds. The van der Waals surface area contributed by atoms with E-state index < -0.39 is 0 Å². The van der Waals surface area contributed by atoms with E-state index in [-0.39, 0.29) is 11.4 Å². The molecule has 1 aromatic rings. The van der Waals surface area contributed by atoms with Gasteiger partial charge in [-0.3, -0.25) is 4.79 Å². The maximum Gasteiger partial charge on any atom is 0.255 e. The third-order valence-corrected chi connectivity index (χ3v) is 5.04. The molecule has 4 nitrogen and oxygen atoms in total. The van der Waals surface area contributed by atoms with Crippen molar-refractivity contribution in [2.45, 2.75) is 31.2 Å². The molecule has 0 radical (unpaired) electrons. The van der Waals surface area contributed by atoms with Crippen LogP contribution in [0.1, 0.15) is 36.0 Å². The SMILES string of the molecule is O=C1NC2(CCN(CC3CC3)CC2)COc2ccccc21. The maximum absolute atomic E-state index is 12.4. The number of piperidine rings is 1. The summed E-state index contributed by atoms with van der Waals surface area (Å²) in [5.41, 5.74) is 0.477. The van der Waals surface area contributed by atoms with Gasteiger partial charge >= 0.3 is 0 Å². The van der Waals surface area contributed by atoms with Gasteiger partial charge in [-0.2, -0.15) is 0 Å². The number of amides is 1. The Hall–Kier alpha value is -1.55. The van der Waals surface area contributed by atoms with E-state index in [4.69, 9.17) is 4.74 Å². The van der Waals surface area contributed by atoms with Crippen molar-refractivity contribution in [1.82, 2.24) is 10.2 Å². The lowest BCUT2D eigenvalue weighted by Crippen LogP contribution is -2.57. The number of carbonyl (C=O) groups is 1. The van der Waals surface area contributed by atoms with Gasteiger partial charge in [0, 0.05) is 19.6 Å². The Morgan fingerprint density at radius 2 is 2.00 bits per heavy atom. The second-order valence-electron chi connectivity index (χ2n) is 6.76. The van der Waals surface area contributed by atoms with Crippen LogP contribution in [0.25, 0.3) is 0 Å². The minimum atomic E-state index is -0.184. The Labute approximate surface area is 125 Å². The van der Waals surface area contributed by atoms with Gasteiger partial charge in [-0.15, -0.1) is 0 Å². The molecular weight excluding hydrogens is 264 g/mol. The fourth-order valence-corrected chi connectivity index (χ4v) is 3.44. The lowest BCUT2D eigenvalue weighted by molar-refractivity contribution is 0.0714. The molecule has 112 valence electrons. The normalized spacial score (nSPS) is 24.9. The smallest absolute Gasteiger partial charge is 0.255 e. The minimum absolute atomic E-state index is 0.0127. The number of nitrogens with one attached hydrogen (secondary N) is 1. The molecule has 2 heterocycles.